The Kier molecular flexibility index (Phi) is 5.83. The van der Waals surface area contributed by atoms with Crippen LogP contribution in [-0.4, -0.2) is 8.07 Å². The summed E-state index contributed by atoms with van der Waals surface area (Å²) < 4.78 is 0. The van der Waals surface area contributed by atoms with E-state index in [4.69, 9.17) is 0 Å². The van der Waals surface area contributed by atoms with Crippen molar-refractivity contribution in [2.24, 2.45) is 0 Å². The summed E-state index contributed by atoms with van der Waals surface area (Å²) >= 11 is 0. The highest BCUT2D eigenvalue weighted by Gasteiger charge is 2.51. The van der Waals surface area contributed by atoms with Crippen molar-refractivity contribution < 1.29 is 0 Å². The number of benzene rings is 1. The lowest BCUT2D eigenvalue weighted by Crippen LogP contribution is -2.56. The summed E-state index contributed by atoms with van der Waals surface area (Å²) in [5.41, 5.74) is 12.3. The van der Waals surface area contributed by atoms with Gasteiger partial charge in [0.05, 0.1) is 8.07 Å². The van der Waals surface area contributed by atoms with E-state index in [2.05, 4.69) is 81.9 Å². The Labute approximate surface area is 163 Å². The van der Waals surface area contributed by atoms with E-state index in [1.54, 1.807) is 21.9 Å². The van der Waals surface area contributed by atoms with E-state index in [0.29, 0.717) is 0 Å². The molecule has 0 fully saturated rings. The molecule has 0 saturated heterocycles. The maximum Gasteiger partial charge on any atom is 0.0983 e. The Morgan fingerprint density at radius 3 is 1.65 bits per heavy atom. The molecule has 0 radical (unpaired) electrons. The zero-order chi connectivity index (χ0) is 20.0. The van der Waals surface area contributed by atoms with Crippen molar-refractivity contribution >= 4 is 13.3 Å². The van der Waals surface area contributed by atoms with Gasteiger partial charge in [0, 0.05) is 5.04 Å². The summed E-state index contributed by atoms with van der Waals surface area (Å²) in [6.45, 7) is 26.4. The Morgan fingerprint density at radius 1 is 0.808 bits per heavy atom. The molecule has 0 saturated carbocycles. The topological polar surface area (TPSA) is 0 Å². The molecule has 0 N–H and O–H groups in total. The van der Waals surface area contributed by atoms with Gasteiger partial charge in [0.1, 0.15) is 0 Å². The largest absolute Gasteiger partial charge is 0.0983 e. The van der Waals surface area contributed by atoms with Gasteiger partial charge in [-0.1, -0.05) is 61.7 Å². The van der Waals surface area contributed by atoms with Crippen LogP contribution in [0.3, 0.4) is 0 Å². The predicted molar refractivity (Wildman–Crippen MR) is 122 cm³/mol. The van der Waals surface area contributed by atoms with Crippen molar-refractivity contribution in [1.82, 2.24) is 0 Å². The fraction of sp³-hybridized carbons (Fsp3) is 0.600. The quantitative estimate of drug-likeness (QED) is 0.476. The minimum Gasteiger partial charge on any atom is -0.0737 e. The molecular weight excluding hydrogens is 328 g/mol. The van der Waals surface area contributed by atoms with Crippen molar-refractivity contribution in [3.8, 4) is 0 Å². The molecule has 2 rings (SSSR count). The molecule has 144 valence electrons. The van der Waals surface area contributed by atoms with Gasteiger partial charge in [-0.3, -0.25) is 0 Å². The normalized spacial score (nSPS) is 22.7. The van der Waals surface area contributed by atoms with Gasteiger partial charge in [-0.05, 0) is 88.8 Å². The third kappa shape index (κ3) is 2.87. The molecule has 2 unspecified atom stereocenters. The Balaban J connectivity index is 2.87. The first-order valence-electron chi connectivity index (χ1n) is 10.4. The lowest BCUT2D eigenvalue weighted by Gasteiger charge is -2.46. The van der Waals surface area contributed by atoms with Gasteiger partial charge in [-0.25, -0.2) is 0 Å². The molecule has 1 aromatic carbocycles. The van der Waals surface area contributed by atoms with E-state index in [9.17, 15) is 0 Å². The van der Waals surface area contributed by atoms with Crippen molar-refractivity contribution in [1.29, 1.82) is 0 Å². The van der Waals surface area contributed by atoms with Crippen LogP contribution in [0.15, 0.2) is 22.8 Å². The van der Waals surface area contributed by atoms with E-state index in [-0.39, 0.29) is 5.04 Å². The molecule has 1 aliphatic carbocycles. The second-order valence-corrected chi connectivity index (χ2v) is 13.9. The molecule has 0 heterocycles. The first kappa shape index (κ1) is 21.2. The average Bonchev–Trinajstić information content (AvgIpc) is 2.80. The van der Waals surface area contributed by atoms with Crippen LogP contribution in [0.4, 0.5) is 0 Å². The van der Waals surface area contributed by atoms with E-state index < -0.39 is 8.07 Å². The van der Waals surface area contributed by atoms with Crippen molar-refractivity contribution in [3.05, 3.63) is 50.6 Å². The highest BCUT2D eigenvalue weighted by molar-refractivity contribution is 6.95. The van der Waals surface area contributed by atoms with Crippen LogP contribution < -0.4 is 5.19 Å². The smallest absolute Gasteiger partial charge is 0.0737 e. The molecule has 1 aliphatic rings. The van der Waals surface area contributed by atoms with Gasteiger partial charge in [0.15, 0.2) is 0 Å². The molecule has 0 aliphatic heterocycles. The van der Waals surface area contributed by atoms with Crippen LogP contribution in [0.2, 0.25) is 17.6 Å². The summed E-state index contributed by atoms with van der Waals surface area (Å²) in [5, 5.41) is 1.96. The minimum atomic E-state index is -1.79. The van der Waals surface area contributed by atoms with E-state index in [1.807, 2.05) is 0 Å². The van der Waals surface area contributed by atoms with Crippen LogP contribution in [0.25, 0.3) is 0 Å². The standard InChI is InChI=1S/C25H40Si/c1-12-13-14-26(11,25(10)15-16(2)17(3)23(25)9)24-21(7)19(5)18(4)20(6)22(24)8/h15H,12-14H2,1-11H3. The number of rotatable bonds is 5. The third-order valence-corrected chi connectivity index (χ3v) is 14.2. The third-order valence-electron chi connectivity index (χ3n) is 8.17. The fourth-order valence-electron chi connectivity index (χ4n) is 5.41. The van der Waals surface area contributed by atoms with E-state index >= 15 is 0 Å². The molecular formula is C25H40Si. The number of unbranched alkanes of at least 4 members (excludes halogenated alkanes) is 1. The van der Waals surface area contributed by atoms with Gasteiger partial charge in [-0.2, -0.15) is 0 Å². The van der Waals surface area contributed by atoms with Crippen LogP contribution >= 0.6 is 0 Å². The Bertz CT molecular complexity index is 764. The van der Waals surface area contributed by atoms with Crippen LogP contribution in [-0.2, 0) is 0 Å². The molecule has 2 atom stereocenters. The first-order chi connectivity index (χ1) is 11.9. The maximum absolute atomic E-state index is 2.68. The fourth-order valence-corrected chi connectivity index (χ4v) is 11.3. The SMILES string of the molecule is CCCC[Si](C)(c1c(C)c(C)c(C)c(C)c1C)C1(C)C=C(C)C(C)=C1C. The maximum atomic E-state index is 2.68. The number of hydrogen-bond donors (Lipinski definition) is 0. The van der Waals surface area contributed by atoms with Gasteiger partial charge in [0.25, 0.3) is 0 Å². The molecule has 1 aromatic rings. The first-order valence-corrected chi connectivity index (χ1v) is 13.1. The second kappa shape index (κ2) is 7.15. The predicted octanol–water partition coefficient (Wildman–Crippen LogP) is 7.37. The highest BCUT2D eigenvalue weighted by atomic mass is 28.3. The summed E-state index contributed by atoms with van der Waals surface area (Å²) in [7, 11) is -1.79. The summed E-state index contributed by atoms with van der Waals surface area (Å²) in [4.78, 5) is 0. The van der Waals surface area contributed by atoms with Gasteiger partial charge < -0.3 is 0 Å². The Morgan fingerprint density at radius 2 is 1.27 bits per heavy atom. The summed E-state index contributed by atoms with van der Waals surface area (Å²) in [5.74, 6) is 0. The zero-order valence-electron chi connectivity index (χ0n) is 19.2. The number of allylic oxidation sites excluding steroid dienone is 4. The molecule has 0 nitrogen and oxygen atoms in total. The van der Waals surface area contributed by atoms with Crippen molar-refractivity contribution in [2.45, 2.75) is 99.7 Å². The van der Waals surface area contributed by atoms with Crippen LogP contribution in [0.1, 0.15) is 75.3 Å². The van der Waals surface area contributed by atoms with E-state index in [1.165, 1.54) is 46.7 Å². The van der Waals surface area contributed by atoms with Gasteiger partial charge >= 0.3 is 0 Å². The second-order valence-electron chi connectivity index (χ2n) is 9.22. The summed E-state index contributed by atoms with van der Waals surface area (Å²) in [6, 6.07) is 1.37. The van der Waals surface area contributed by atoms with Crippen molar-refractivity contribution in [2.75, 3.05) is 0 Å². The molecule has 1 heteroatoms. The highest BCUT2D eigenvalue weighted by Crippen LogP contribution is 2.55. The summed E-state index contributed by atoms with van der Waals surface area (Å²) in [6.07, 6.45) is 5.25. The molecule has 0 bridgehead atoms. The monoisotopic (exact) mass is 368 g/mol. The average molecular weight is 369 g/mol. The molecule has 0 spiro atoms. The lowest BCUT2D eigenvalue weighted by atomic mass is 9.95. The van der Waals surface area contributed by atoms with Crippen LogP contribution in [0, 0.1) is 34.6 Å². The Hall–Kier alpha value is -1.08. The number of hydrogen-bond acceptors (Lipinski definition) is 0. The molecule has 0 aromatic heterocycles. The molecule has 0 amide bonds. The van der Waals surface area contributed by atoms with E-state index in [0.717, 1.165) is 0 Å². The molecule has 26 heavy (non-hydrogen) atoms. The van der Waals surface area contributed by atoms with Crippen molar-refractivity contribution in [3.63, 3.8) is 0 Å². The zero-order valence-corrected chi connectivity index (χ0v) is 20.2. The van der Waals surface area contributed by atoms with Gasteiger partial charge in [0.2, 0.25) is 0 Å². The van der Waals surface area contributed by atoms with Crippen LogP contribution in [0.5, 0.6) is 0 Å². The van der Waals surface area contributed by atoms with Gasteiger partial charge in [-0.15, -0.1) is 0 Å². The minimum absolute atomic E-state index is 0.222. The lowest BCUT2D eigenvalue weighted by molar-refractivity contribution is 0.801.